The lowest BCUT2D eigenvalue weighted by molar-refractivity contribution is 0.102. The van der Waals surface area contributed by atoms with E-state index in [0.717, 1.165) is 16.3 Å². The fourth-order valence-corrected chi connectivity index (χ4v) is 6.15. The van der Waals surface area contributed by atoms with E-state index >= 15 is 0 Å². The number of rotatable bonds is 5. The number of hydrogen-bond donors (Lipinski definition) is 0. The van der Waals surface area contributed by atoms with Crippen molar-refractivity contribution in [2.45, 2.75) is 38.1 Å². The molecule has 0 amide bonds. The summed E-state index contributed by atoms with van der Waals surface area (Å²) in [6.07, 6.45) is 0.629. The van der Waals surface area contributed by atoms with E-state index in [2.05, 4.69) is 0 Å². The van der Waals surface area contributed by atoms with Gasteiger partial charge in [-0.2, -0.15) is 0 Å². The normalized spacial score (nSPS) is 19.2. The Morgan fingerprint density at radius 1 is 1.24 bits per heavy atom. The minimum Gasteiger partial charge on any atom is -0.344 e. The fourth-order valence-electron chi connectivity index (χ4n) is 3.54. The zero-order valence-corrected chi connectivity index (χ0v) is 16.4. The molecule has 1 fully saturated rings. The number of ketones is 1. The topological polar surface area (TPSA) is 56.1 Å². The molecule has 1 aromatic heterocycles. The Balaban J connectivity index is 1.78. The maximum absolute atomic E-state index is 12.7. The number of aryl methyl sites for hydroxylation is 2. The number of thioether (sulfide) groups is 1. The van der Waals surface area contributed by atoms with Gasteiger partial charge in [-0.1, -0.05) is 18.2 Å². The van der Waals surface area contributed by atoms with E-state index in [1.54, 1.807) is 11.8 Å². The van der Waals surface area contributed by atoms with Gasteiger partial charge in [0.25, 0.3) is 0 Å². The highest BCUT2D eigenvalue weighted by atomic mass is 32.2. The number of carbonyl (C=O) groups excluding carboxylic acids is 1. The van der Waals surface area contributed by atoms with Crippen molar-refractivity contribution >= 4 is 27.4 Å². The summed E-state index contributed by atoms with van der Waals surface area (Å²) < 4.78 is 25.6. The van der Waals surface area contributed by atoms with Crippen LogP contribution in [0, 0.1) is 20.8 Å². The van der Waals surface area contributed by atoms with Gasteiger partial charge in [-0.3, -0.25) is 4.79 Å². The summed E-state index contributed by atoms with van der Waals surface area (Å²) in [6.45, 7) is 5.91. The molecule has 1 aliphatic rings. The van der Waals surface area contributed by atoms with Crippen LogP contribution in [0.2, 0.25) is 0 Å². The molecule has 0 aliphatic carbocycles. The second kappa shape index (κ2) is 7.00. The summed E-state index contributed by atoms with van der Waals surface area (Å²) in [6, 6.07) is 9.90. The maximum Gasteiger partial charge on any atom is 0.174 e. The van der Waals surface area contributed by atoms with E-state index in [9.17, 15) is 13.2 Å². The van der Waals surface area contributed by atoms with Crippen LogP contribution in [0.1, 0.15) is 39.8 Å². The maximum atomic E-state index is 12.7. The molecule has 0 saturated carbocycles. The lowest BCUT2D eigenvalue weighted by Gasteiger charge is -2.16. The largest absolute Gasteiger partial charge is 0.344 e. The van der Waals surface area contributed by atoms with Crippen LogP contribution in [0.15, 0.2) is 35.2 Å². The van der Waals surface area contributed by atoms with Crippen LogP contribution in [0.3, 0.4) is 0 Å². The number of hydrogen-bond acceptors (Lipinski definition) is 4. The van der Waals surface area contributed by atoms with Gasteiger partial charge in [0, 0.05) is 27.9 Å². The van der Waals surface area contributed by atoms with E-state index in [4.69, 9.17) is 0 Å². The molecule has 0 spiro atoms. The highest BCUT2D eigenvalue weighted by Crippen LogP contribution is 2.30. The van der Waals surface area contributed by atoms with Crippen LogP contribution < -0.4 is 0 Å². The molecular weight excluding hydrogens is 354 g/mol. The standard InChI is InChI=1S/C19H23NO3S2/c1-13-6-4-5-7-19(13)24-11-18(21)17-10-14(2)20(15(17)3)16-8-9-25(22,23)12-16/h4-7,10,16H,8-9,11-12H2,1-3H3. The van der Waals surface area contributed by atoms with E-state index in [1.165, 1.54) is 5.56 Å². The molecule has 1 atom stereocenters. The first-order valence-corrected chi connectivity index (χ1v) is 11.2. The third kappa shape index (κ3) is 3.85. The van der Waals surface area contributed by atoms with Crippen molar-refractivity contribution in [1.82, 2.24) is 4.57 Å². The first-order valence-electron chi connectivity index (χ1n) is 8.39. The molecule has 2 heterocycles. The second-order valence-corrected chi connectivity index (χ2v) is 9.93. The smallest absolute Gasteiger partial charge is 0.174 e. The molecular formula is C19H23NO3S2. The molecule has 1 saturated heterocycles. The quantitative estimate of drug-likeness (QED) is 0.588. The SMILES string of the molecule is Cc1ccccc1SCC(=O)c1cc(C)n(C2CCS(=O)(=O)C2)c1C. The first kappa shape index (κ1) is 18.3. The van der Waals surface area contributed by atoms with Crippen LogP contribution in [-0.2, 0) is 9.84 Å². The Bertz CT molecular complexity index is 913. The first-order chi connectivity index (χ1) is 11.8. The number of aromatic nitrogens is 1. The zero-order chi connectivity index (χ0) is 18.2. The van der Waals surface area contributed by atoms with E-state index in [-0.39, 0.29) is 23.3 Å². The van der Waals surface area contributed by atoms with Crippen molar-refractivity contribution in [3.05, 3.63) is 52.8 Å². The van der Waals surface area contributed by atoms with Crippen molar-refractivity contribution in [3.63, 3.8) is 0 Å². The predicted octanol–water partition coefficient (Wildman–Crippen LogP) is 3.75. The Labute approximate surface area is 153 Å². The molecule has 0 radical (unpaired) electrons. The Morgan fingerprint density at radius 3 is 2.60 bits per heavy atom. The van der Waals surface area contributed by atoms with Gasteiger partial charge in [0.1, 0.15) is 0 Å². The summed E-state index contributed by atoms with van der Waals surface area (Å²) >= 11 is 1.55. The minimum atomic E-state index is -2.95. The van der Waals surface area contributed by atoms with Crippen LogP contribution in [0.4, 0.5) is 0 Å². The molecule has 134 valence electrons. The average Bonchev–Trinajstić information content (AvgIpc) is 3.05. The molecule has 25 heavy (non-hydrogen) atoms. The molecule has 2 aromatic rings. The molecule has 3 rings (SSSR count). The lowest BCUT2D eigenvalue weighted by Crippen LogP contribution is -2.14. The summed E-state index contributed by atoms with van der Waals surface area (Å²) in [5.41, 5.74) is 3.73. The second-order valence-electron chi connectivity index (χ2n) is 6.69. The number of benzene rings is 1. The third-order valence-electron chi connectivity index (χ3n) is 4.81. The van der Waals surface area contributed by atoms with Crippen molar-refractivity contribution in [2.75, 3.05) is 17.3 Å². The average molecular weight is 378 g/mol. The predicted molar refractivity (Wildman–Crippen MR) is 102 cm³/mol. The van der Waals surface area contributed by atoms with Crippen molar-refractivity contribution in [2.24, 2.45) is 0 Å². The molecule has 1 aromatic carbocycles. The van der Waals surface area contributed by atoms with Gasteiger partial charge in [0.05, 0.1) is 17.3 Å². The zero-order valence-electron chi connectivity index (χ0n) is 14.8. The van der Waals surface area contributed by atoms with Crippen LogP contribution >= 0.6 is 11.8 Å². The van der Waals surface area contributed by atoms with Crippen LogP contribution in [-0.4, -0.2) is 36.0 Å². The summed E-state index contributed by atoms with van der Waals surface area (Å²) in [5.74, 6) is 0.891. The van der Waals surface area contributed by atoms with Gasteiger partial charge >= 0.3 is 0 Å². The lowest BCUT2D eigenvalue weighted by atomic mass is 10.2. The molecule has 1 aliphatic heterocycles. The van der Waals surface area contributed by atoms with Gasteiger partial charge in [-0.05, 0) is 44.9 Å². The van der Waals surface area contributed by atoms with Gasteiger partial charge < -0.3 is 4.57 Å². The molecule has 1 unspecified atom stereocenters. The summed E-state index contributed by atoms with van der Waals surface area (Å²) in [4.78, 5) is 13.8. The Hall–Kier alpha value is -1.53. The summed E-state index contributed by atoms with van der Waals surface area (Å²) in [7, 11) is -2.95. The van der Waals surface area contributed by atoms with Crippen LogP contribution in [0.25, 0.3) is 0 Å². The Kier molecular flexibility index (Phi) is 5.11. The van der Waals surface area contributed by atoms with E-state index < -0.39 is 9.84 Å². The van der Waals surface area contributed by atoms with Crippen molar-refractivity contribution < 1.29 is 13.2 Å². The van der Waals surface area contributed by atoms with Gasteiger partial charge in [0.15, 0.2) is 15.6 Å². The minimum absolute atomic E-state index is 0.0458. The van der Waals surface area contributed by atoms with Crippen molar-refractivity contribution in [1.29, 1.82) is 0 Å². The fraction of sp³-hybridized carbons (Fsp3) is 0.421. The van der Waals surface area contributed by atoms with E-state index in [0.29, 0.717) is 17.7 Å². The number of nitrogens with zero attached hydrogens (tertiary/aromatic N) is 1. The third-order valence-corrected chi connectivity index (χ3v) is 7.74. The van der Waals surface area contributed by atoms with Gasteiger partial charge in [0.2, 0.25) is 0 Å². The van der Waals surface area contributed by atoms with E-state index in [1.807, 2.05) is 55.7 Å². The van der Waals surface area contributed by atoms with Gasteiger partial charge in [-0.15, -0.1) is 11.8 Å². The number of sulfone groups is 1. The number of carbonyl (C=O) groups is 1. The Morgan fingerprint density at radius 2 is 1.96 bits per heavy atom. The van der Waals surface area contributed by atoms with Crippen molar-refractivity contribution in [3.8, 4) is 0 Å². The molecule has 0 N–H and O–H groups in total. The molecule has 0 bridgehead atoms. The van der Waals surface area contributed by atoms with Crippen LogP contribution in [0.5, 0.6) is 0 Å². The highest BCUT2D eigenvalue weighted by molar-refractivity contribution is 8.00. The number of Topliss-reactive ketones (excluding diaryl/α,β-unsaturated/α-hetero) is 1. The van der Waals surface area contributed by atoms with Gasteiger partial charge in [-0.25, -0.2) is 8.42 Å². The monoisotopic (exact) mass is 377 g/mol. The summed E-state index contributed by atoms with van der Waals surface area (Å²) in [5, 5.41) is 0. The molecule has 4 nitrogen and oxygen atoms in total. The highest BCUT2D eigenvalue weighted by Gasteiger charge is 2.31. The molecule has 6 heteroatoms.